The summed E-state index contributed by atoms with van der Waals surface area (Å²) < 4.78 is 66.6. The number of nitrogens with one attached hydrogen (secondary N) is 10. The lowest BCUT2D eigenvalue weighted by Crippen LogP contribution is -2.64. The van der Waals surface area contributed by atoms with Crippen LogP contribution in [0, 0.1) is 11.8 Å². The third kappa shape index (κ3) is 40.4. The van der Waals surface area contributed by atoms with E-state index in [1.807, 2.05) is 0 Å². The van der Waals surface area contributed by atoms with Gasteiger partial charge in [-0.3, -0.25) is 62.1 Å². The molecular formula is C87H146N12O36P-. The van der Waals surface area contributed by atoms with E-state index in [1.54, 1.807) is 0 Å². The Labute approximate surface area is 790 Å². The molecule has 0 aromatic heterocycles. The molecule has 0 spiro atoms. The number of benzene rings is 1. The molecule has 5 aliphatic rings. The van der Waals surface area contributed by atoms with E-state index in [4.69, 9.17) is 42.4 Å². The zero-order chi connectivity index (χ0) is 100.0. The molecule has 1 saturated carbocycles. The molecule has 1 aromatic carbocycles. The maximum Gasteiger partial charge on any atom is 0.267 e. The highest BCUT2D eigenvalue weighted by Crippen LogP contribution is 2.37. The highest BCUT2D eigenvalue weighted by molar-refractivity contribution is 7.45. The molecule has 12 amide bonds. The van der Waals surface area contributed by atoms with Gasteiger partial charge in [-0.2, -0.15) is 0 Å². The first kappa shape index (κ1) is 117. The summed E-state index contributed by atoms with van der Waals surface area (Å²) >= 11 is 0. The zero-order valence-electron chi connectivity index (χ0n) is 78.1. The van der Waals surface area contributed by atoms with Gasteiger partial charge in [0.1, 0.15) is 124 Å². The Hall–Kier alpha value is -7.83. The summed E-state index contributed by atoms with van der Waals surface area (Å²) in [5.41, 5.74) is -0.877. The van der Waals surface area contributed by atoms with Crippen LogP contribution in [0.5, 0.6) is 0 Å². The maximum absolute atomic E-state index is 15.5. The summed E-state index contributed by atoms with van der Waals surface area (Å²) in [4.78, 5) is 177. The first-order chi connectivity index (χ1) is 64.9. The SMILES string of the molecule is COP(=O)([O-])OCCCCCCNC(=O)C1CCC(C(=O)Nc2cc(C(=O)N(CC(=O)NCCCCCCOC3OC(CO)C(O)C(O)C3NC(C)=O)CC(=O)NCCCCCCOC3OC(CO)C(O)C(O)C3NC(C)=O)cc(C(=O)N(CC(=O)NCCCCCCOC3OC(CO)C(O)C(O)C3NC(C)=O)CC(=O)NCCCCCCOC3OC(CO)C(O)C(O)C3NC(C)=O)c2)CC1. The van der Waals surface area contributed by atoms with Crippen LogP contribution in [-0.4, -0.2) is 390 Å². The van der Waals surface area contributed by atoms with Gasteiger partial charge >= 0.3 is 0 Å². The number of ether oxygens (including phenoxy) is 8. The summed E-state index contributed by atoms with van der Waals surface area (Å²) in [6, 6.07) is -1.09. The molecule has 5 fully saturated rings. The van der Waals surface area contributed by atoms with Crippen LogP contribution in [0.1, 0.15) is 203 Å². The number of unbranched alkanes of at least 4 members (excludes halogenated alkanes) is 15. The monoisotopic (exact) mass is 1970 g/mol. The minimum absolute atomic E-state index is 0.0518. The highest BCUT2D eigenvalue weighted by atomic mass is 31.2. The van der Waals surface area contributed by atoms with Crippen molar-refractivity contribution in [1.82, 2.24) is 57.7 Å². The standard InChI is InChI=1S/C87H147N12O36P/c1-51(104)93-68-76(116)72(112)60(47-100)132-84(68)127-35-21-11-6-16-30-88-64(108)43-98(44-65(109)89-31-17-7-12-22-36-128-85-69(94-52(2)105)77(117)73(113)61(48-101)133-85)82(122)57-40-58(42-59(41-57)97-81(121)56-28-26-55(27-29-56)80(120)92-34-20-10-15-25-39-131-136(124,125)126-5)83(123)99(45-66(110)90-32-18-8-13-23-37-129-86-70(95-53(3)106)78(118)74(114)62(49-102)134-86)46-67(111)91-33-19-9-14-24-38-130-87-71(96-54(4)107)79(119)75(115)63(50-103)135-87/h40-42,55-56,60-63,68-79,84-87,100-103,112-119H,6-39,43-50H2,1-5H3,(H,88,108)(H,89,109)(H,90,110)(H,91,111)(H,92,120)(H,93,104)(H,94,105)(H,95,106)(H,96,107)(H,97,121)(H,124,125)/p-1. The number of phosphoric ester groups is 1. The average molecular weight is 1970 g/mol. The van der Waals surface area contributed by atoms with E-state index in [9.17, 15) is 119 Å². The molecule has 22 N–H and O–H groups in total. The van der Waals surface area contributed by atoms with Crippen LogP contribution in [0.2, 0.25) is 0 Å². The van der Waals surface area contributed by atoms with Crippen molar-refractivity contribution in [3.63, 3.8) is 0 Å². The van der Waals surface area contributed by atoms with Crippen molar-refractivity contribution >= 4 is 84.4 Å². The van der Waals surface area contributed by atoms with Gasteiger partial charge in [-0.1, -0.05) is 64.2 Å². The molecular weight excluding hydrogens is 1820 g/mol. The molecule has 1 aromatic rings. The largest absolute Gasteiger partial charge is 0.756 e. The van der Waals surface area contributed by atoms with Crippen molar-refractivity contribution in [3.8, 4) is 0 Å². The molecule has 21 unspecified atom stereocenters. The van der Waals surface area contributed by atoms with E-state index in [0.717, 1.165) is 23.0 Å². The minimum atomic E-state index is -4.36. The molecule has 136 heavy (non-hydrogen) atoms. The molecule has 0 radical (unpaired) electrons. The first-order valence-electron chi connectivity index (χ1n) is 46.9. The second kappa shape index (κ2) is 62.4. The van der Waals surface area contributed by atoms with Gasteiger partial charge in [-0.05, 0) is 108 Å². The Kier molecular flexibility index (Phi) is 53.6. The first-order valence-corrected chi connectivity index (χ1v) is 48.4. The van der Waals surface area contributed by atoms with E-state index >= 15 is 9.59 Å². The quantitative estimate of drug-likeness (QED) is 0.0214. The number of nitrogens with zero attached hydrogens (tertiary/aromatic N) is 2. The Morgan fingerprint density at radius 3 is 0.868 bits per heavy atom. The van der Waals surface area contributed by atoms with Crippen LogP contribution >= 0.6 is 7.82 Å². The molecule has 0 bridgehead atoms. The number of hydrogen-bond acceptors (Lipinski definition) is 36. The molecule has 49 heteroatoms. The van der Waals surface area contributed by atoms with Gasteiger partial charge in [0, 0.05) is 123 Å². The Morgan fingerprint density at radius 1 is 0.360 bits per heavy atom. The van der Waals surface area contributed by atoms with Crippen molar-refractivity contribution in [3.05, 3.63) is 29.3 Å². The topological polar surface area (TPSA) is 707 Å². The number of anilines is 1. The van der Waals surface area contributed by atoms with Gasteiger partial charge in [0.15, 0.2) is 25.2 Å². The number of carbonyl (C=O) groups is 12. The van der Waals surface area contributed by atoms with Gasteiger partial charge in [0.2, 0.25) is 59.1 Å². The lowest BCUT2D eigenvalue weighted by Gasteiger charge is -2.42. The number of carbonyl (C=O) groups excluding carboxylic acids is 12. The summed E-state index contributed by atoms with van der Waals surface area (Å²) in [6.45, 7) is -0.164. The molecule has 48 nitrogen and oxygen atoms in total. The Morgan fingerprint density at radius 2 is 0.610 bits per heavy atom. The van der Waals surface area contributed by atoms with Crippen LogP contribution in [0.15, 0.2) is 18.2 Å². The fourth-order valence-corrected chi connectivity index (χ4v) is 16.6. The third-order valence-electron chi connectivity index (χ3n) is 23.6. The molecule has 776 valence electrons. The molecule has 6 rings (SSSR count). The molecule has 4 aliphatic heterocycles. The van der Waals surface area contributed by atoms with Crippen LogP contribution < -0.4 is 58.1 Å². The van der Waals surface area contributed by atoms with E-state index in [2.05, 4.69) is 57.7 Å². The third-order valence-corrected chi connectivity index (χ3v) is 24.6. The van der Waals surface area contributed by atoms with Crippen LogP contribution in [0.25, 0.3) is 0 Å². The fourth-order valence-electron chi connectivity index (χ4n) is 16.1. The number of phosphoric acid groups is 1. The zero-order valence-corrected chi connectivity index (χ0v) is 79.0. The van der Waals surface area contributed by atoms with Gasteiger partial charge in [-0.25, -0.2) is 0 Å². The van der Waals surface area contributed by atoms with Crippen LogP contribution in [-0.2, 0) is 99.5 Å². The van der Waals surface area contributed by atoms with Crippen molar-refractivity contribution < 1.29 is 175 Å². The summed E-state index contributed by atoms with van der Waals surface area (Å²) in [7, 11) is -3.37. The fraction of sp³-hybridized carbons (Fsp3) is 0.793. The van der Waals surface area contributed by atoms with Gasteiger partial charge in [0.05, 0.1) is 33.0 Å². The normalized spacial score (nSPS) is 27.1. The second-order valence-corrected chi connectivity index (χ2v) is 36.1. The molecule has 4 heterocycles. The number of aliphatic hydroxyl groups is 12. The van der Waals surface area contributed by atoms with Crippen molar-refractivity contribution in [1.29, 1.82) is 0 Å². The molecule has 1 aliphatic carbocycles. The van der Waals surface area contributed by atoms with Crippen molar-refractivity contribution in [2.24, 2.45) is 11.8 Å². The maximum atomic E-state index is 15.5. The lowest BCUT2D eigenvalue weighted by atomic mass is 9.81. The van der Waals surface area contributed by atoms with Gasteiger partial charge in [-0.15, -0.1) is 0 Å². The van der Waals surface area contributed by atoms with E-state index in [-0.39, 0.29) is 108 Å². The number of hydrogen-bond donors (Lipinski definition) is 22. The van der Waals surface area contributed by atoms with E-state index in [1.165, 1.54) is 39.8 Å². The highest BCUT2D eigenvalue weighted by Gasteiger charge is 2.50. The molecule has 4 saturated heterocycles. The predicted octanol–water partition coefficient (Wildman–Crippen LogP) is -5.33. The summed E-state index contributed by atoms with van der Waals surface area (Å²) in [6.07, 6.45) is -11.4. The van der Waals surface area contributed by atoms with Crippen LogP contribution in [0.4, 0.5) is 5.69 Å². The molecule has 21 atom stereocenters. The Bertz CT molecular complexity index is 3550. The number of aliphatic hydroxyl groups excluding tert-OH is 12. The number of rotatable bonds is 62. The average Bonchev–Trinajstić information content (AvgIpc) is 0.817. The minimum Gasteiger partial charge on any atom is -0.756 e. The second-order valence-electron chi connectivity index (χ2n) is 34.6. The van der Waals surface area contributed by atoms with Gasteiger partial charge in [0.25, 0.3) is 19.6 Å². The van der Waals surface area contributed by atoms with Crippen LogP contribution in [0.3, 0.4) is 0 Å². The van der Waals surface area contributed by atoms with Gasteiger partial charge < -0.3 is 176 Å². The summed E-state index contributed by atoms with van der Waals surface area (Å²) in [5, 5.41) is 151. The smallest absolute Gasteiger partial charge is 0.267 e. The summed E-state index contributed by atoms with van der Waals surface area (Å²) in [5.74, 6) is -9.15. The van der Waals surface area contributed by atoms with Crippen molar-refractivity contribution in [2.75, 3.05) is 131 Å². The predicted molar refractivity (Wildman–Crippen MR) is 476 cm³/mol. The van der Waals surface area contributed by atoms with Crippen molar-refractivity contribution in [2.45, 2.75) is 304 Å². The van der Waals surface area contributed by atoms with E-state index < -0.39 is 260 Å². The number of amides is 12. The lowest BCUT2D eigenvalue weighted by molar-refractivity contribution is -0.270. The van der Waals surface area contributed by atoms with E-state index in [0.29, 0.717) is 135 Å². The Balaban J connectivity index is 1.23.